The molecule has 2 aromatic heterocycles. The Balaban J connectivity index is 1.33. The van der Waals surface area contributed by atoms with Crippen LogP contribution in [0.25, 0.3) is 5.65 Å². The molecule has 1 aliphatic carbocycles. The molecule has 126 valence electrons. The van der Waals surface area contributed by atoms with Gasteiger partial charge in [0.2, 0.25) is 0 Å². The molecule has 1 aliphatic heterocycles. The fraction of sp³-hybridized carbons (Fsp3) is 0.579. The van der Waals surface area contributed by atoms with Gasteiger partial charge in [-0.2, -0.15) is 5.26 Å². The van der Waals surface area contributed by atoms with Crippen molar-refractivity contribution in [1.82, 2.24) is 19.6 Å². The van der Waals surface area contributed by atoms with Gasteiger partial charge in [0.05, 0.1) is 17.5 Å². The van der Waals surface area contributed by atoms with Gasteiger partial charge in [-0.05, 0) is 43.9 Å². The molecule has 0 spiro atoms. The Bertz CT molecular complexity index is 738. The summed E-state index contributed by atoms with van der Waals surface area (Å²) in [5, 5.41) is 12.8. The largest absolute Gasteiger partial charge is 0.307 e. The van der Waals surface area contributed by atoms with E-state index in [1.807, 2.05) is 28.9 Å². The summed E-state index contributed by atoms with van der Waals surface area (Å²) in [7, 11) is 0. The third-order valence-electron chi connectivity index (χ3n) is 5.55. The molecule has 1 saturated heterocycles. The lowest BCUT2D eigenvalue weighted by Gasteiger charge is -2.20. The maximum Gasteiger partial charge on any atom is 0.137 e. The second-order valence-corrected chi connectivity index (χ2v) is 7.28. The van der Waals surface area contributed by atoms with Gasteiger partial charge in [0, 0.05) is 31.9 Å². The van der Waals surface area contributed by atoms with Gasteiger partial charge in [-0.3, -0.25) is 0 Å². The first-order valence-corrected chi connectivity index (χ1v) is 9.13. The van der Waals surface area contributed by atoms with Crippen LogP contribution in [0.1, 0.15) is 43.4 Å². The summed E-state index contributed by atoms with van der Waals surface area (Å²) in [6.07, 6.45) is 10.7. The van der Waals surface area contributed by atoms with E-state index in [1.54, 1.807) is 0 Å². The number of pyridine rings is 1. The van der Waals surface area contributed by atoms with Gasteiger partial charge < -0.3 is 14.6 Å². The van der Waals surface area contributed by atoms with Crippen molar-refractivity contribution in [2.24, 2.45) is 5.92 Å². The molecule has 1 N–H and O–H groups in total. The van der Waals surface area contributed by atoms with Crippen molar-refractivity contribution in [2.45, 2.75) is 44.7 Å². The Morgan fingerprint density at radius 3 is 2.96 bits per heavy atom. The fourth-order valence-electron chi connectivity index (χ4n) is 4.20. The third-order valence-corrected chi connectivity index (χ3v) is 5.55. The molecule has 4 rings (SSSR count). The van der Waals surface area contributed by atoms with Crippen molar-refractivity contribution in [3.63, 3.8) is 0 Å². The molecule has 1 unspecified atom stereocenters. The van der Waals surface area contributed by atoms with E-state index in [0.29, 0.717) is 11.6 Å². The van der Waals surface area contributed by atoms with Crippen LogP contribution in [0.4, 0.5) is 0 Å². The first kappa shape index (κ1) is 15.6. The van der Waals surface area contributed by atoms with Crippen LogP contribution < -0.4 is 5.32 Å². The molecule has 2 fully saturated rings. The van der Waals surface area contributed by atoms with Crippen LogP contribution in [0.2, 0.25) is 0 Å². The van der Waals surface area contributed by atoms with Crippen molar-refractivity contribution in [1.29, 1.82) is 5.26 Å². The van der Waals surface area contributed by atoms with Crippen molar-refractivity contribution in [2.75, 3.05) is 19.6 Å². The molecule has 3 heterocycles. The third kappa shape index (κ3) is 3.31. The summed E-state index contributed by atoms with van der Waals surface area (Å²) in [6.45, 7) is 4.48. The molecule has 1 atom stereocenters. The molecule has 0 amide bonds. The maximum atomic E-state index is 9.07. The lowest BCUT2D eigenvalue weighted by atomic mass is 10.1. The summed E-state index contributed by atoms with van der Waals surface area (Å²) < 4.78 is 2.02. The molecule has 5 heteroatoms. The number of nitriles is 1. The van der Waals surface area contributed by atoms with E-state index in [-0.39, 0.29) is 0 Å². The Labute approximate surface area is 143 Å². The Kier molecular flexibility index (Phi) is 4.50. The predicted molar refractivity (Wildman–Crippen MR) is 93.5 cm³/mol. The first-order chi connectivity index (χ1) is 11.8. The quantitative estimate of drug-likeness (QED) is 0.919. The van der Waals surface area contributed by atoms with Crippen molar-refractivity contribution < 1.29 is 0 Å². The van der Waals surface area contributed by atoms with Gasteiger partial charge in [-0.1, -0.05) is 12.8 Å². The minimum Gasteiger partial charge on any atom is -0.307 e. The molecule has 24 heavy (non-hydrogen) atoms. The fourth-order valence-corrected chi connectivity index (χ4v) is 4.20. The van der Waals surface area contributed by atoms with Gasteiger partial charge >= 0.3 is 0 Å². The Hall–Kier alpha value is -1.90. The normalized spacial score (nSPS) is 22.4. The lowest BCUT2D eigenvalue weighted by molar-refractivity contribution is 0.273. The van der Waals surface area contributed by atoms with E-state index in [0.717, 1.165) is 30.3 Å². The molecule has 0 aromatic carbocycles. The second kappa shape index (κ2) is 6.92. The highest BCUT2D eigenvalue weighted by atomic mass is 15.2. The highest BCUT2D eigenvalue weighted by Gasteiger charge is 2.25. The summed E-state index contributed by atoms with van der Waals surface area (Å²) in [5.74, 6) is 0.937. The second-order valence-electron chi connectivity index (χ2n) is 7.28. The van der Waals surface area contributed by atoms with Crippen molar-refractivity contribution in [3.05, 3.63) is 35.8 Å². The number of likely N-dealkylation sites (tertiary alicyclic amines) is 1. The van der Waals surface area contributed by atoms with Crippen molar-refractivity contribution >= 4 is 5.65 Å². The van der Waals surface area contributed by atoms with Crippen LogP contribution in [0.3, 0.4) is 0 Å². The van der Waals surface area contributed by atoms with Crippen LogP contribution >= 0.6 is 0 Å². The zero-order chi connectivity index (χ0) is 16.4. The number of aromatic nitrogens is 2. The molecule has 0 bridgehead atoms. The SMILES string of the molecule is N#Cc1ccc2ncc(CNC3CCN(CC4CCCC4)C3)n2c1. The number of nitrogens with one attached hydrogen (secondary N) is 1. The topological polar surface area (TPSA) is 56.4 Å². The molecular weight excluding hydrogens is 298 g/mol. The highest BCUT2D eigenvalue weighted by Crippen LogP contribution is 2.26. The van der Waals surface area contributed by atoms with Gasteiger partial charge in [-0.15, -0.1) is 0 Å². The molecule has 5 nitrogen and oxygen atoms in total. The van der Waals surface area contributed by atoms with E-state index in [2.05, 4.69) is 21.3 Å². The molecule has 2 aliphatic rings. The molecule has 1 saturated carbocycles. The highest BCUT2D eigenvalue weighted by molar-refractivity contribution is 5.44. The Morgan fingerprint density at radius 1 is 1.25 bits per heavy atom. The Morgan fingerprint density at radius 2 is 2.12 bits per heavy atom. The van der Waals surface area contributed by atoms with Gasteiger partial charge in [0.25, 0.3) is 0 Å². The average molecular weight is 323 g/mol. The van der Waals surface area contributed by atoms with Crippen molar-refractivity contribution in [3.8, 4) is 6.07 Å². The predicted octanol–water partition coefficient (Wildman–Crippen LogP) is 2.56. The number of imidazole rings is 1. The standard InChI is InChI=1S/C19H25N5/c20-9-16-5-6-19-22-11-18(24(19)13-16)10-21-17-7-8-23(14-17)12-15-3-1-2-4-15/h5-6,11,13,15,17,21H,1-4,7-8,10,12,14H2. The summed E-state index contributed by atoms with van der Waals surface area (Å²) in [5.41, 5.74) is 2.70. The summed E-state index contributed by atoms with van der Waals surface area (Å²) >= 11 is 0. The van der Waals surface area contributed by atoms with Crippen LogP contribution in [0.15, 0.2) is 24.5 Å². The maximum absolute atomic E-state index is 9.07. The summed E-state index contributed by atoms with van der Waals surface area (Å²) in [4.78, 5) is 7.06. The summed E-state index contributed by atoms with van der Waals surface area (Å²) in [6, 6.07) is 6.48. The zero-order valence-corrected chi connectivity index (χ0v) is 14.1. The first-order valence-electron chi connectivity index (χ1n) is 9.13. The smallest absolute Gasteiger partial charge is 0.137 e. The van der Waals surface area contributed by atoms with Crippen LogP contribution in [-0.2, 0) is 6.54 Å². The average Bonchev–Trinajstić information content (AvgIpc) is 3.34. The van der Waals surface area contributed by atoms with E-state index in [9.17, 15) is 0 Å². The number of hydrogen-bond acceptors (Lipinski definition) is 4. The number of rotatable bonds is 5. The molecular formula is C19H25N5. The van der Waals surface area contributed by atoms with Crippen LogP contribution in [0.5, 0.6) is 0 Å². The minimum absolute atomic E-state index is 0.566. The monoisotopic (exact) mass is 323 g/mol. The minimum atomic E-state index is 0.566. The number of hydrogen-bond donors (Lipinski definition) is 1. The number of fused-ring (bicyclic) bond motifs is 1. The van der Waals surface area contributed by atoms with E-state index < -0.39 is 0 Å². The number of nitrogens with zero attached hydrogens (tertiary/aromatic N) is 4. The van der Waals surface area contributed by atoms with Gasteiger partial charge in [0.15, 0.2) is 0 Å². The van der Waals surface area contributed by atoms with Crippen LogP contribution in [0, 0.1) is 17.2 Å². The van der Waals surface area contributed by atoms with E-state index >= 15 is 0 Å². The molecule has 0 radical (unpaired) electrons. The van der Waals surface area contributed by atoms with Gasteiger partial charge in [0.1, 0.15) is 11.7 Å². The lowest BCUT2D eigenvalue weighted by Crippen LogP contribution is -2.34. The van der Waals surface area contributed by atoms with Gasteiger partial charge in [-0.25, -0.2) is 4.98 Å². The van der Waals surface area contributed by atoms with Crippen LogP contribution in [-0.4, -0.2) is 40.0 Å². The molecule has 2 aromatic rings. The van der Waals surface area contributed by atoms with E-state index in [1.165, 1.54) is 45.2 Å². The zero-order valence-electron chi connectivity index (χ0n) is 14.1. The van der Waals surface area contributed by atoms with E-state index in [4.69, 9.17) is 5.26 Å².